The molecule has 1 amide bonds. The Morgan fingerprint density at radius 3 is 2.38 bits per heavy atom. The predicted octanol–water partition coefficient (Wildman–Crippen LogP) is 4.71. The van der Waals surface area contributed by atoms with Gasteiger partial charge in [0.2, 0.25) is 15.9 Å². The molecule has 11 heteroatoms. The third-order valence-electron chi connectivity index (χ3n) is 4.79. The second-order valence-corrected chi connectivity index (χ2v) is 9.51. The second kappa shape index (κ2) is 9.99. The molecule has 32 heavy (non-hydrogen) atoms. The van der Waals surface area contributed by atoms with Gasteiger partial charge in [-0.15, -0.1) is 0 Å². The molecule has 0 aliphatic heterocycles. The quantitative estimate of drug-likeness (QED) is 0.579. The summed E-state index contributed by atoms with van der Waals surface area (Å²) >= 11 is 5.99. The average molecular weight is 493 g/mol. The minimum atomic E-state index is -4.70. The second-order valence-electron chi connectivity index (χ2n) is 7.19. The van der Waals surface area contributed by atoms with Gasteiger partial charge in [-0.2, -0.15) is 13.2 Å². The molecule has 0 spiro atoms. The molecule has 0 saturated carbocycles. The largest absolute Gasteiger partial charge is 0.496 e. The zero-order valence-corrected chi connectivity index (χ0v) is 19.5. The monoisotopic (exact) mass is 492 g/mol. The van der Waals surface area contributed by atoms with Crippen LogP contribution in [0.1, 0.15) is 36.1 Å². The molecule has 0 bridgehead atoms. The number of carbonyl (C=O) groups excluding carboxylic acids is 1. The van der Waals surface area contributed by atoms with Gasteiger partial charge in [-0.05, 0) is 48.7 Å². The number of nitrogens with zero attached hydrogens (tertiary/aromatic N) is 1. The van der Waals surface area contributed by atoms with Crippen LogP contribution in [0.2, 0.25) is 5.02 Å². The molecule has 1 N–H and O–H groups in total. The Morgan fingerprint density at radius 1 is 1.22 bits per heavy atom. The van der Waals surface area contributed by atoms with Crippen LogP contribution in [0.5, 0.6) is 5.75 Å². The Balaban J connectivity index is 2.32. The van der Waals surface area contributed by atoms with E-state index < -0.39 is 45.9 Å². The van der Waals surface area contributed by atoms with E-state index in [0.717, 1.165) is 29.5 Å². The Kier molecular flexibility index (Phi) is 8.06. The highest BCUT2D eigenvalue weighted by Gasteiger charge is 2.33. The van der Waals surface area contributed by atoms with Crippen LogP contribution in [0, 0.1) is 6.92 Å². The first-order valence-electron chi connectivity index (χ1n) is 9.56. The van der Waals surface area contributed by atoms with Gasteiger partial charge in [-0.25, -0.2) is 8.42 Å². The molecule has 1 unspecified atom stereocenters. The first-order valence-corrected chi connectivity index (χ1v) is 11.8. The molecule has 6 nitrogen and oxygen atoms in total. The van der Waals surface area contributed by atoms with Gasteiger partial charge >= 0.3 is 6.18 Å². The number of sulfonamides is 1. The van der Waals surface area contributed by atoms with Crippen molar-refractivity contribution in [2.24, 2.45) is 0 Å². The van der Waals surface area contributed by atoms with Crippen LogP contribution < -0.4 is 14.4 Å². The number of methoxy groups -OCH3 is 1. The maximum Gasteiger partial charge on any atom is 0.416 e. The van der Waals surface area contributed by atoms with E-state index in [1.54, 1.807) is 19.2 Å². The van der Waals surface area contributed by atoms with E-state index >= 15 is 0 Å². The molecular formula is C21H24ClF3N2O4S. The van der Waals surface area contributed by atoms with E-state index in [4.69, 9.17) is 16.3 Å². The van der Waals surface area contributed by atoms with Crippen molar-refractivity contribution in [3.63, 3.8) is 0 Å². The lowest BCUT2D eigenvalue weighted by Gasteiger charge is -2.25. The third-order valence-corrected chi connectivity index (χ3v) is 6.24. The lowest BCUT2D eigenvalue weighted by Crippen LogP contribution is -2.41. The molecule has 2 aromatic carbocycles. The summed E-state index contributed by atoms with van der Waals surface area (Å²) in [6.07, 6.45) is -3.41. The molecule has 2 rings (SSSR count). The van der Waals surface area contributed by atoms with Gasteiger partial charge in [-0.3, -0.25) is 9.10 Å². The van der Waals surface area contributed by atoms with Crippen molar-refractivity contribution < 1.29 is 31.1 Å². The average Bonchev–Trinajstić information content (AvgIpc) is 2.69. The van der Waals surface area contributed by atoms with Gasteiger partial charge in [0.05, 0.1) is 35.7 Å². The number of benzene rings is 2. The minimum Gasteiger partial charge on any atom is -0.496 e. The first kappa shape index (κ1) is 25.8. The molecule has 2 aromatic rings. The summed E-state index contributed by atoms with van der Waals surface area (Å²) in [5.74, 6) is -0.0124. The van der Waals surface area contributed by atoms with E-state index in [2.05, 4.69) is 5.32 Å². The molecule has 176 valence electrons. The highest BCUT2D eigenvalue weighted by atomic mass is 35.5. The number of rotatable bonds is 8. The number of ether oxygens (including phenoxy) is 1. The summed E-state index contributed by atoms with van der Waals surface area (Å²) in [6.45, 7) is 2.95. The number of hydrogen-bond donors (Lipinski definition) is 1. The molecule has 0 radical (unpaired) electrons. The summed E-state index contributed by atoms with van der Waals surface area (Å²) in [7, 11) is -2.58. The number of nitrogens with one attached hydrogen (secondary N) is 1. The van der Waals surface area contributed by atoms with Gasteiger partial charge in [0, 0.05) is 0 Å². The fraction of sp³-hybridized carbons (Fsp3) is 0.381. The van der Waals surface area contributed by atoms with Gasteiger partial charge < -0.3 is 10.1 Å². The van der Waals surface area contributed by atoms with Crippen molar-refractivity contribution in [2.45, 2.75) is 32.5 Å². The van der Waals surface area contributed by atoms with Crippen molar-refractivity contribution in [1.82, 2.24) is 5.32 Å². The van der Waals surface area contributed by atoms with Crippen LogP contribution in [-0.2, 0) is 21.0 Å². The van der Waals surface area contributed by atoms with Crippen molar-refractivity contribution in [1.29, 1.82) is 0 Å². The van der Waals surface area contributed by atoms with Gasteiger partial charge in [0.15, 0.2) is 0 Å². The molecule has 0 aliphatic rings. The predicted molar refractivity (Wildman–Crippen MR) is 118 cm³/mol. The fourth-order valence-electron chi connectivity index (χ4n) is 3.17. The number of carbonyl (C=O) groups is 1. The van der Waals surface area contributed by atoms with E-state index in [9.17, 15) is 26.4 Å². The maximum absolute atomic E-state index is 13.1. The number of alkyl halides is 3. The van der Waals surface area contributed by atoms with Crippen LogP contribution in [-0.4, -0.2) is 34.2 Å². The van der Waals surface area contributed by atoms with Crippen LogP contribution in [0.25, 0.3) is 0 Å². The lowest BCUT2D eigenvalue weighted by molar-refractivity contribution is -0.137. The van der Waals surface area contributed by atoms with Gasteiger partial charge in [-0.1, -0.05) is 30.7 Å². The Hall–Kier alpha value is -2.46. The number of hydrogen-bond acceptors (Lipinski definition) is 4. The number of halogens is 4. The fourth-order valence-corrected chi connectivity index (χ4v) is 4.30. The van der Waals surface area contributed by atoms with E-state index in [1.165, 1.54) is 0 Å². The van der Waals surface area contributed by atoms with Crippen LogP contribution in [0.15, 0.2) is 36.4 Å². The van der Waals surface area contributed by atoms with Crippen molar-refractivity contribution in [3.8, 4) is 5.75 Å². The van der Waals surface area contributed by atoms with Crippen LogP contribution in [0.4, 0.5) is 18.9 Å². The number of anilines is 1. The molecule has 0 aliphatic carbocycles. The first-order chi connectivity index (χ1) is 14.8. The Morgan fingerprint density at radius 2 is 1.88 bits per heavy atom. The summed E-state index contributed by atoms with van der Waals surface area (Å²) in [5.41, 5.74) is 0.131. The van der Waals surface area contributed by atoms with E-state index in [-0.39, 0.29) is 5.02 Å². The van der Waals surface area contributed by atoms with Gasteiger partial charge in [0.1, 0.15) is 12.3 Å². The van der Waals surface area contributed by atoms with Crippen LogP contribution in [0.3, 0.4) is 0 Å². The molecular weight excluding hydrogens is 469 g/mol. The molecule has 0 heterocycles. The summed E-state index contributed by atoms with van der Waals surface area (Å²) < 4.78 is 69.8. The van der Waals surface area contributed by atoms with Crippen molar-refractivity contribution >= 4 is 33.2 Å². The summed E-state index contributed by atoms with van der Waals surface area (Å²) in [4.78, 5) is 12.7. The highest BCUT2D eigenvalue weighted by molar-refractivity contribution is 7.92. The SMILES string of the molecule is CCC(NC(=O)CN(c1cc(C(F)(F)F)ccc1Cl)S(C)(=O)=O)c1ccc(OC)c(C)c1. The standard InChI is InChI=1S/C21H24ClF3N2O4S/c1-5-17(14-6-9-19(31-3)13(2)10-14)26-20(28)12-27(32(4,29)30)18-11-15(21(23,24)25)7-8-16(18)22/h6-11,17H,5,12H2,1-4H3,(H,26,28). The smallest absolute Gasteiger partial charge is 0.416 e. The maximum atomic E-state index is 13.1. The molecule has 0 fully saturated rings. The zero-order chi connectivity index (χ0) is 24.3. The number of amides is 1. The topological polar surface area (TPSA) is 75.7 Å². The van der Waals surface area contributed by atoms with Crippen molar-refractivity contribution in [3.05, 3.63) is 58.1 Å². The zero-order valence-electron chi connectivity index (χ0n) is 18.0. The normalized spacial score (nSPS) is 12.9. The van der Waals surface area contributed by atoms with Crippen molar-refractivity contribution in [2.75, 3.05) is 24.2 Å². The molecule has 0 saturated heterocycles. The number of aryl methyl sites for hydroxylation is 1. The Labute approximate surface area is 190 Å². The van der Waals surface area contributed by atoms with Gasteiger partial charge in [0.25, 0.3) is 0 Å². The Bertz CT molecular complexity index is 1090. The molecule has 1 atom stereocenters. The highest BCUT2D eigenvalue weighted by Crippen LogP contribution is 2.36. The minimum absolute atomic E-state index is 0.228. The summed E-state index contributed by atoms with van der Waals surface area (Å²) in [6, 6.07) is 7.23. The third kappa shape index (κ3) is 6.29. The summed E-state index contributed by atoms with van der Waals surface area (Å²) in [5, 5.41) is 2.51. The van der Waals surface area contributed by atoms with E-state index in [1.807, 2.05) is 19.9 Å². The van der Waals surface area contributed by atoms with E-state index in [0.29, 0.717) is 22.5 Å². The molecule has 0 aromatic heterocycles. The van der Waals surface area contributed by atoms with Crippen LogP contribution >= 0.6 is 11.6 Å². The lowest BCUT2D eigenvalue weighted by atomic mass is 10.0.